The fourth-order valence-corrected chi connectivity index (χ4v) is 4.00. The Morgan fingerprint density at radius 1 is 0.968 bits per heavy atom. The first-order valence-corrected chi connectivity index (χ1v) is 10.0. The van der Waals surface area contributed by atoms with E-state index >= 15 is 0 Å². The number of carbonyl (C=O) groups is 3. The number of aromatic nitrogens is 1. The third-order valence-electron chi connectivity index (χ3n) is 5.54. The van der Waals surface area contributed by atoms with Gasteiger partial charge >= 0.3 is 6.03 Å². The zero-order valence-electron chi connectivity index (χ0n) is 16.6. The van der Waals surface area contributed by atoms with E-state index in [1.54, 1.807) is 6.07 Å². The molecule has 154 valence electrons. The lowest BCUT2D eigenvalue weighted by atomic mass is 10.1. The molecular weight excluding hydrogens is 392 g/mol. The van der Waals surface area contributed by atoms with Gasteiger partial charge in [-0.1, -0.05) is 48.5 Å². The van der Waals surface area contributed by atoms with Gasteiger partial charge in [0.1, 0.15) is 12.6 Å². The largest absolute Gasteiger partial charge is 0.361 e. The number of hydrogen-bond donors (Lipinski definition) is 3. The van der Waals surface area contributed by atoms with Crippen molar-refractivity contribution in [2.24, 2.45) is 0 Å². The molecule has 0 spiro atoms. The maximum Gasteiger partial charge on any atom is 0.325 e. The molecule has 5 rings (SSSR count). The van der Waals surface area contributed by atoms with Gasteiger partial charge in [-0.3, -0.25) is 14.5 Å². The molecule has 4 aromatic rings. The second-order valence-corrected chi connectivity index (χ2v) is 7.60. The fraction of sp³-hybridized carbons (Fsp3) is 0.125. The molecule has 0 bridgehead atoms. The van der Waals surface area contributed by atoms with E-state index in [1.165, 1.54) is 0 Å². The summed E-state index contributed by atoms with van der Waals surface area (Å²) in [6.45, 7) is -0.331. The highest BCUT2D eigenvalue weighted by Crippen LogP contribution is 2.22. The van der Waals surface area contributed by atoms with E-state index < -0.39 is 23.9 Å². The number of fused-ring (bicyclic) bond motifs is 2. The Hall–Kier alpha value is -4.13. The molecule has 1 aliphatic rings. The number of nitrogens with one attached hydrogen (secondary N) is 3. The Morgan fingerprint density at radius 2 is 1.74 bits per heavy atom. The second-order valence-electron chi connectivity index (χ2n) is 7.60. The van der Waals surface area contributed by atoms with Crippen LogP contribution in [0.5, 0.6) is 0 Å². The monoisotopic (exact) mass is 412 g/mol. The van der Waals surface area contributed by atoms with Crippen molar-refractivity contribution in [3.05, 3.63) is 78.5 Å². The van der Waals surface area contributed by atoms with Gasteiger partial charge in [-0.15, -0.1) is 0 Å². The molecule has 1 aromatic heterocycles. The first kappa shape index (κ1) is 18.9. The summed E-state index contributed by atoms with van der Waals surface area (Å²) in [4.78, 5) is 41.8. The Balaban J connectivity index is 1.26. The average molecular weight is 412 g/mol. The van der Waals surface area contributed by atoms with Gasteiger partial charge in [0.25, 0.3) is 5.91 Å². The molecule has 4 amide bonds. The SMILES string of the molecule is O=C(CN1C(=O)N[C@H](Cc2c[nH]c3ccccc23)C1=O)Nc1ccc2ccccc2c1. The quantitative estimate of drug-likeness (QED) is 0.439. The second kappa shape index (κ2) is 7.60. The molecule has 1 saturated heterocycles. The molecule has 0 aliphatic carbocycles. The van der Waals surface area contributed by atoms with Crippen molar-refractivity contribution in [3.8, 4) is 0 Å². The molecule has 2 heterocycles. The zero-order valence-corrected chi connectivity index (χ0v) is 16.6. The van der Waals surface area contributed by atoms with Crippen LogP contribution in [0, 0.1) is 0 Å². The molecule has 0 saturated carbocycles. The molecule has 3 N–H and O–H groups in total. The minimum absolute atomic E-state index is 0.331. The van der Waals surface area contributed by atoms with Crippen molar-refractivity contribution < 1.29 is 14.4 Å². The summed E-state index contributed by atoms with van der Waals surface area (Å²) >= 11 is 0. The minimum atomic E-state index is -0.694. The molecule has 1 atom stereocenters. The highest BCUT2D eigenvalue weighted by atomic mass is 16.2. The first-order chi connectivity index (χ1) is 15.1. The summed E-state index contributed by atoms with van der Waals surface area (Å²) in [7, 11) is 0. The van der Waals surface area contributed by atoms with Crippen LogP contribution in [0.15, 0.2) is 72.9 Å². The van der Waals surface area contributed by atoms with Gasteiger partial charge in [0, 0.05) is 29.2 Å². The molecule has 1 fully saturated rings. The molecule has 7 nitrogen and oxygen atoms in total. The van der Waals surface area contributed by atoms with Gasteiger partial charge in [0.2, 0.25) is 5.91 Å². The van der Waals surface area contributed by atoms with Gasteiger partial charge in [0.05, 0.1) is 0 Å². The summed E-state index contributed by atoms with van der Waals surface area (Å²) in [6, 6.07) is 19.9. The van der Waals surface area contributed by atoms with E-state index in [2.05, 4.69) is 15.6 Å². The van der Waals surface area contributed by atoms with Crippen LogP contribution in [-0.4, -0.2) is 40.3 Å². The predicted molar refractivity (Wildman–Crippen MR) is 119 cm³/mol. The molecule has 0 radical (unpaired) electrons. The van der Waals surface area contributed by atoms with Crippen LogP contribution in [0.3, 0.4) is 0 Å². The van der Waals surface area contributed by atoms with Crippen LogP contribution < -0.4 is 10.6 Å². The number of benzene rings is 3. The lowest BCUT2D eigenvalue weighted by Crippen LogP contribution is -2.38. The number of urea groups is 1. The van der Waals surface area contributed by atoms with Crippen molar-refractivity contribution in [2.75, 3.05) is 11.9 Å². The highest BCUT2D eigenvalue weighted by Gasteiger charge is 2.39. The Bertz CT molecular complexity index is 1330. The van der Waals surface area contributed by atoms with Crippen LogP contribution in [-0.2, 0) is 16.0 Å². The number of nitrogens with zero attached hydrogens (tertiary/aromatic N) is 1. The molecule has 3 aromatic carbocycles. The smallest absolute Gasteiger partial charge is 0.325 e. The summed E-state index contributed by atoms with van der Waals surface area (Å²) in [6.07, 6.45) is 2.20. The molecule has 0 unspecified atom stereocenters. The average Bonchev–Trinajstić information content (AvgIpc) is 3.30. The van der Waals surface area contributed by atoms with Crippen LogP contribution >= 0.6 is 0 Å². The van der Waals surface area contributed by atoms with Crippen molar-refractivity contribution in [3.63, 3.8) is 0 Å². The van der Waals surface area contributed by atoms with Crippen molar-refractivity contribution in [1.82, 2.24) is 15.2 Å². The molecule has 1 aliphatic heterocycles. The Kier molecular flexibility index (Phi) is 4.63. The first-order valence-electron chi connectivity index (χ1n) is 10.0. The summed E-state index contributed by atoms with van der Waals surface area (Å²) < 4.78 is 0. The van der Waals surface area contributed by atoms with E-state index in [0.717, 1.165) is 32.1 Å². The van der Waals surface area contributed by atoms with E-state index in [0.29, 0.717) is 12.1 Å². The fourth-order valence-electron chi connectivity index (χ4n) is 4.00. The van der Waals surface area contributed by atoms with Gasteiger partial charge < -0.3 is 15.6 Å². The number of aromatic amines is 1. The standard InChI is InChI=1S/C24H20N4O3/c29-22(26-18-10-9-15-5-1-2-6-16(15)11-18)14-28-23(30)21(27-24(28)31)12-17-13-25-20-8-4-3-7-19(17)20/h1-11,13,21,25H,12,14H2,(H,26,29)(H,27,31)/t21-/m1/s1. The molecule has 7 heteroatoms. The lowest BCUT2D eigenvalue weighted by Gasteiger charge is -2.13. The number of para-hydroxylation sites is 1. The third kappa shape index (κ3) is 3.61. The number of carbonyl (C=O) groups excluding carboxylic acids is 3. The number of H-pyrrole nitrogens is 1. The predicted octanol–water partition coefficient (Wildman–Crippen LogP) is 3.42. The molecule has 31 heavy (non-hydrogen) atoms. The van der Waals surface area contributed by atoms with Crippen LogP contribution in [0.25, 0.3) is 21.7 Å². The Morgan fingerprint density at radius 3 is 2.61 bits per heavy atom. The maximum atomic E-state index is 12.8. The Labute approximate surface area is 178 Å². The van der Waals surface area contributed by atoms with E-state index in [9.17, 15) is 14.4 Å². The van der Waals surface area contributed by atoms with E-state index in [1.807, 2.05) is 66.9 Å². The highest BCUT2D eigenvalue weighted by molar-refractivity contribution is 6.08. The topological polar surface area (TPSA) is 94.3 Å². The van der Waals surface area contributed by atoms with Crippen molar-refractivity contribution in [2.45, 2.75) is 12.5 Å². The van der Waals surface area contributed by atoms with Crippen LogP contribution in [0.2, 0.25) is 0 Å². The van der Waals surface area contributed by atoms with Gasteiger partial charge in [0.15, 0.2) is 0 Å². The lowest BCUT2D eigenvalue weighted by molar-refractivity contribution is -0.130. The number of imide groups is 1. The van der Waals surface area contributed by atoms with E-state index in [4.69, 9.17) is 0 Å². The number of hydrogen-bond acceptors (Lipinski definition) is 3. The van der Waals surface area contributed by atoms with Crippen LogP contribution in [0.1, 0.15) is 5.56 Å². The van der Waals surface area contributed by atoms with E-state index in [-0.39, 0.29) is 6.54 Å². The zero-order chi connectivity index (χ0) is 21.4. The number of amides is 4. The van der Waals surface area contributed by atoms with Gasteiger partial charge in [-0.25, -0.2) is 4.79 Å². The summed E-state index contributed by atoms with van der Waals surface area (Å²) in [5.41, 5.74) is 2.53. The van der Waals surface area contributed by atoms with Gasteiger partial charge in [-0.05, 0) is 34.5 Å². The van der Waals surface area contributed by atoms with Gasteiger partial charge in [-0.2, -0.15) is 0 Å². The normalized spacial score (nSPS) is 16.1. The van der Waals surface area contributed by atoms with Crippen molar-refractivity contribution >= 4 is 45.2 Å². The summed E-state index contributed by atoms with van der Waals surface area (Å²) in [5, 5.41) is 8.53. The minimum Gasteiger partial charge on any atom is -0.361 e. The third-order valence-corrected chi connectivity index (χ3v) is 5.54. The number of anilines is 1. The maximum absolute atomic E-state index is 12.8. The summed E-state index contributed by atoms with van der Waals surface area (Å²) in [5.74, 6) is -0.824. The van der Waals surface area contributed by atoms with Crippen molar-refractivity contribution in [1.29, 1.82) is 0 Å². The number of rotatable bonds is 5. The van der Waals surface area contributed by atoms with Crippen LogP contribution in [0.4, 0.5) is 10.5 Å². The molecular formula is C24H20N4O3.